The molecule has 1 nitrogen and oxygen atoms in total. The molecule has 0 aromatic carbocycles. The van der Waals surface area contributed by atoms with Gasteiger partial charge in [0, 0.05) is 0 Å². The number of rotatable bonds is 5. The molecule has 3 heteroatoms. The third kappa shape index (κ3) is 8.32. The zero-order valence-electron chi connectivity index (χ0n) is 5.59. The number of hydrogen-bond donors (Lipinski definition) is 0. The van der Waals surface area contributed by atoms with Gasteiger partial charge in [0.2, 0.25) is 0 Å². The average Bonchev–Trinajstić information content (AvgIpc) is 1.89. The van der Waals surface area contributed by atoms with E-state index in [1.54, 1.807) is 0 Å². The molecule has 0 aromatic rings. The van der Waals surface area contributed by atoms with Crippen LogP contribution in [0.4, 0.5) is 0 Å². The van der Waals surface area contributed by atoms with Crippen LogP contribution in [0, 0.1) is 0 Å². The van der Waals surface area contributed by atoms with Crippen molar-refractivity contribution in [2.45, 2.75) is 24.0 Å². The molecule has 0 saturated carbocycles. The fourth-order valence-electron chi connectivity index (χ4n) is 0.483. The Morgan fingerprint density at radius 2 is 2.33 bits per heavy atom. The van der Waals surface area contributed by atoms with Crippen LogP contribution in [0.3, 0.4) is 0 Å². The van der Waals surface area contributed by atoms with Crippen LogP contribution in [-0.4, -0.2) is 26.7 Å². The standard InChI is InChI=1S/C6H11NSSe/c1-9-5-3-2-4-7-6-8/h2-5H2,1H3. The molecule has 0 heterocycles. The Morgan fingerprint density at radius 1 is 1.56 bits per heavy atom. The average molecular weight is 208 g/mol. The third-order valence-corrected chi connectivity index (χ3v) is 2.52. The zero-order valence-corrected chi connectivity index (χ0v) is 8.12. The maximum atomic E-state index is 4.42. The summed E-state index contributed by atoms with van der Waals surface area (Å²) in [4.78, 5) is 3.82. The summed E-state index contributed by atoms with van der Waals surface area (Å²) in [6.45, 7) is 0.875. The van der Waals surface area contributed by atoms with E-state index in [9.17, 15) is 0 Å². The Kier molecular flexibility index (Phi) is 8.61. The van der Waals surface area contributed by atoms with E-state index in [0.29, 0.717) is 0 Å². The van der Waals surface area contributed by atoms with Crippen molar-refractivity contribution >= 4 is 32.3 Å². The molecule has 0 spiro atoms. The molecule has 0 bridgehead atoms. The SMILES string of the molecule is C[Se]CCCCN=C=S. The molecule has 52 valence electrons. The summed E-state index contributed by atoms with van der Waals surface area (Å²) in [5.74, 6) is 2.26. The molecule has 0 fully saturated rings. The Labute approximate surface area is 68.1 Å². The van der Waals surface area contributed by atoms with E-state index >= 15 is 0 Å². The van der Waals surface area contributed by atoms with Crippen molar-refractivity contribution < 1.29 is 0 Å². The van der Waals surface area contributed by atoms with Crippen molar-refractivity contribution in [3.05, 3.63) is 0 Å². The van der Waals surface area contributed by atoms with Gasteiger partial charge in [0.1, 0.15) is 0 Å². The summed E-state index contributed by atoms with van der Waals surface area (Å²) < 4.78 is 0. The number of aliphatic imine (C=N–C) groups is 1. The van der Waals surface area contributed by atoms with E-state index in [1.165, 1.54) is 18.2 Å². The number of hydrogen-bond acceptors (Lipinski definition) is 2. The van der Waals surface area contributed by atoms with Crippen molar-refractivity contribution in [2.75, 3.05) is 6.54 Å². The molecule has 0 aromatic heterocycles. The van der Waals surface area contributed by atoms with Gasteiger partial charge in [-0.3, -0.25) is 0 Å². The molecule has 0 unspecified atom stereocenters. The van der Waals surface area contributed by atoms with Crippen LogP contribution in [-0.2, 0) is 0 Å². The Morgan fingerprint density at radius 3 is 2.89 bits per heavy atom. The Hall–Kier alpha value is 0.319. The summed E-state index contributed by atoms with van der Waals surface area (Å²) >= 11 is 5.25. The van der Waals surface area contributed by atoms with Gasteiger partial charge in [0.05, 0.1) is 0 Å². The minimum atomic E-state index is 0.835. The van der Waals surface area contributed by atoms with Crippen molar-refractivity contribution in [3.8, 4) is 0 Å². The van der Waals surface area contributed by atoms with Gasteiger partial charge >= 0.3 is 67.9 Å². The van der Waals surface area contributed by atoms with Crippen LogP contribution in [0.25, 0.3) is 0 Å². The van der Waals surface area contributed by atoms with Crippen molar-refractivity contribution in [1.29, 1.82) is 0 Å². The quantitative estimate of drug-likeness (QED) is 0.291. The predicted octanol–water partition coefficient (Wildman–Crippen LogP) is 2.04. The Balaban J connectivity index is 2.82. The topological polar surface area (TPSA) is 12.4 Å². The molecule has 0 saturated heterocycles. The predicted molar refractivity (Wildman–Crippen MR) is 45.6 cm³/mol. The number of unbranched alkanes of at least 4 members (excludes halogenated alkanes) is 1. The van der Waals surface area contributed by atoms with E-state index < -0.39 is 0 Å². The van der Waals surface area contributed by atoms with Crippen molar-refractivity contribution in [2.24, 2.45) is 4.99 Å². The molecule has 0 aliphatic rings. The molecule has 9 heavy (non-hydrogen) atoms. The maximum absolute atomic E-state index is 4.42. The van der Waals surface area contributed by atoms with Crippen molar-refractivity contribution in [1.82, 2.24) is 0 Å². The third-order valence-electron chi connectivity index (χ3n) is 0.933. The van der Waals surface area contributed by atoms with Crippen LogP contribution < -0.4 is 0 Å². The van der Waals surface area contributed by atoms with Gasteiger partial charge in [0.25, 0.3) is 0 Å². The fourth-order valence-corrected chi connectivity index (χ4v) is 1.61. The monoisotopic (exact) mass is 209 g/mol. The summed E-state index contributed by atoms with van der Waals surface area (Å²) in [5.41, 5.74) is 0. The van der Waals surface area contributed by atoms with E-state index in [4.69, 9.17) is 0 Å². The number of nitrogens with zero attached hydrogens (tertiary/aromatic N) is 1. The second kappa shape index (κ2) is 8.32. The molecular formula is C6H11NSSe. The minimum absolute atomic E-state index is 0.835. The van der Waals surface area contributed by atoms with Gasteiger partial charge in [0.15, 0.2) is 0 Å². The first kappa shape index (κ1) is 9.32. The van der Waals surface area contributed by atoms with E-state index in [-0.39, 0.29) is 0 Å². The normalized spacial score (nSPS) is 8.56. The first-order valence-corrected chi connectivity index (χ1v) is 6.27. The molecule has 0 atom stereocenters. The molecule has 0 aliphatic heterocycles. The number of thiocarbonyl (C=S) groups is 1. The first-order valence-electron chi connectivity index (χ1n) is 2.94. The molecule has 0 amide bonds. The molecular weight excluding hydrogens is 197 g/mol. The summed E-state index contributed by atoms with van der Waals surface area (Å²) in [6.07, 6.45) is 2.48. The fraction of sp³-hybridized carbons (Fsp3) is 0.833. The Bertz CT molecular complexity index is 99.2. The van der Waals surface area contributed by atoms with Gasteiger partial charge in [-0.25, -0.2) is 0 Å². The van der Waals surface area contributed by atoms with Gasteiger partial charge in [-0.2, -0.15) is 0 Å². The van der Waals surface area contributed by atoms with Gasteiger partial charge in [-0.05, 0) is 0 Å². The van der Waals surface area contributed by atoms with Crippen LogP contribution >= 0.6 is 12.2 Å². The zero-order chi connectivity index (χ0) is 6.95. The van der Waals surface area contributed by atoms with Gasteiger partial charge in [-0.15, -0.1) is 0 Å². The van der Waals surface area contributed by atoms with Crippen molar-refractivity contribution in [3.63, 3.8) is 0 Å². The first-order chi connectivity index (χ1) is 4.41. The summed E-state index contributed by atoms with van der Waals surface area (Å²) in [5, 5.41) is 3.73. The molecule has 0 rings (SSSR count). The molecule has 0 radical (unpaired) electrons. The summed E-state index contributed by atoms with van der Waals surface area (Å²) in [7, 11) is 0. The molecule has 0 aliphatic carbocycles. The second-order valence-corrected chi connectivity index (χ2v) is 3.92. The van der Waals surface area contributed by atoms with E-state index in [1.807, 2.05) is 0 Å². The van der Waals surface area contributed by atoms with E-state index in [0.717, 1.165) is 21.5 Å². The molecule has 0 N–H and O–H groups in total. The van der Waals surface area contributed by atoms with E-state index in [2.05, 4.69) is 28.2 Å². The van der Waals surface area contributed by atoms with Gasteiger partial charge < -0.3 is 0 Å². The van der Waals surface area contributed by atoms with Crippen LogP contribution in [0.2, 0.25) is 11.1 Å². The van der Waals surface area contributed by atoms with Gasteiger partial charge in [-0.1, -0.05) is 0 Å². The number of isothiocyanates is 1. The second-order valence-electron chi connectivity index (χ2n) is 1.67. The van der Waals surface area contributed by atoms with Crippen LogP contribution in [0.5, 0.6) is 0 Å². The van der Waals surface area contributed by atoms with Crippen LogP contribution in [0.1, 0.15) is 12.8 Å². The van der Waals surface area contributed by atoms with Crippen LogP contribution in [0.15, 0.2) is 4.99 Å². The summed E-state index contributed by atoms with van der Waals surface area (Å²) in [6, 6.07) is 0.